The van der Waals surface area contributed by atoms with Gasteiger partial charge in [0.25, 0.3) is 0 Å². The Balaban J connectivity index is 3.07. The number of hydrogen-bond acceptors (Lipinski definition) is 3. The van der Waals surface area contributed by atoms with E-state index in [0.717, 1.165) is 5.75 Å². The first-order valence-corrected chi connectivity index (χ1v) is 5.14. The van der Waals surface area contributed by atoms with Crippen molar-refractivity contribution in [1.82, 2.24) is 0 Å². The Morgan fingerprint density at radius 2 is 1.91 bits per heavy atom. The van der Waals surface area contributed by atoms with Gasteiger partial charge in [0, 0.05) is 20.0 Å². The molecule has 2 nitrogen and oxygen atoms in total. The maximum atomic E-state index is 5.04. The summed E-state index contributed by atoms with van der Waals surface area (Å²) >= 11 is 1.89. The van der Waals surface area contributed by atoms with E-state index in [-0.39, 0.29) is 6.29 Å². The van der Waals surface area contributed by atoms with Crippen LogP contribution in [0.15, 0.2) is 0 Å². The fourth-order valence-corrected chi connectivity index (χ4v) is 1.78. The Morgan fingerprint density at radius 1 is 1.27 bits per heavy atom. The minimum atomic E-state index is -0.0307. The van der Waals surface area contributed by atoms with Crippen molar-refractivity contribution in [1.29, 1.82) is 0 Å². The van der Waals surface area contributed by atoms with Crippen LogP contribution in [0.25, 0.3) is 0 Å². The lowest BCUT2D eigenvalue weighted by Gasteiger charge is -2.11. The molecule has 0 aliphatic carbocycles. The van der Waals surface area contributed by atoms with Gasteiger partial charge in [-0.05, 0) is 12.2 Å². The number of thioether (sulfide) groups is 1. The lowest BCUT2D eigenvalue weighted by atomic mass is 10.4. The summed E-state index contributed by atoms with van der Waals surface area (Å²) in [5, 5.41) is 0. The lowest BCUT2D eigenvalue weighted by molar-refractivity contribution is -0.0842. The van der Waals surface area contributed by atoms with E-state index in [4.69, 9.17) is 9.47 Å². The van der Waals surface area contributed by atoms with Crippen molar-refractivity contribution in [3.63, 3.8) is 0 Å². The highest BCUT2D eigenvalue weighted by Crippen LogP contribution is 2.08. The zero-order valence-electron chi connectivity index (χ0n) is 7.63. The number of unbranched alkanes of at least 4 members (excludes halogenated alkanes) is 1. The molecule has 0 N–H and O–H groups in total. The topological polar surface area (TPSA) is 18.5 Å². The molecule has 0 aliphatic rings. The second-order valence-corrected chi connectivity index (χ2v) is 3.48. The van der Waals surface area contributed by atoms with Crippen molar-refractivity contribution < 1.29 is 9.47 Å². The molecule has 0 amide bonds. The van der Waals surface area contributed by atoms with Crippen molar-refractivity contribution >= 4 is 11.8 Å². The van der Waals surface area contributed by atoms with Gasteiger partial charge in [-0.1, -0.05) is 13.3 Å². The van der Waals surface area contributed by atoms with Crippen LogP contribution in [0.2, 0.25) is 0 Å². The number of rotatable bonds is 7. The molecule has 0 unspecified atom stereocenters. The summed E-state index contributed by atoms with van der Waals surface area (Å²) in [6.45, 7) is 2.20. The Labute approximate surface area is 73.6 Å². The van der Waals surface area contributed by atoms with Gasteiger partial charge >= 0.3 is 0 Å². The van der Waals surface area contributed by atoms with Crippen LogP contribution < -0.4 is 0 Å². The molecular weight excluding hydrogens is 160 g/mol. The third kappa shape index (κ3) is 6.66. The minimum Gasteiger partial charge on any atom is -0.355 e. The van der Waals surface area contributed by atoms with Crippen molar-refractivity contribution in [2.24, 2.45) is 0 Å². The molecule has 0 heterocycles. The Morgan fingerprint density at radius 3 is 2.36 bits per heavy atom. The van der Waals surface area contributed by atoms with Crippen molar-refractivity contribution in [2.45, 2.75) is 26.1 Å². The maximum Gasteiger partial charge on any atom is 0.165 e. The highest BCUT2D eigenvalue weighted by molar-refractivity contribution is 7.99. The van der Waals surface area contributed by atoms with Gasteiger partial charge in [0.05, 0.1) is 0 Å². The molecule has 0 saturated carbocycles. The smallest absolute Gasteiger partial charge is 0.165 e. The molecule has 0 aliphatic heterocycles. The van der Waals surface area contributed by atoms with Gasteiger partial charge in [0.2, 0.25) is 0 Å². The van der Waals surface area contributed by atoms with Crippen LogP contribution in [0.1, 0.15) is 19.8 Å². The first-order chi connectivity index (χ1) is 5.35. The molecule has 0 spiro atoms. The molecule has 0 aromatic rings. The van der Waals surface area contributed by atoms with Gasteiger partial charge in [-0.15, -0.1) is 0 Å². The molecule has 68 valence electrons. The summed E-state index contributed by atoms with van der Waals surface area (Å²) in [5.74, 6) is 2.15. The SMILES string of the molecule is CCCCSCC(OC)OC. The standard InChI is InChI=1S/C8H18O2S/c1-4-5-6-11-7-8(9-2)10-3/h8H,4-7H2,1-3H3. The fraction of sp³-hybridized carbons (Fsp3) is 1.00. The van der Waals surface area contributed by atoms with Crippen LogP contribution in [0.5, 0.6) is 0 Å². The molecule has 0 rings (SSSR count). The summed E-state index contributed by atoms with van der Waals surface area (Å²) in [5.41, 5.74) is 0. The van der Waals surface area contributed by atoms with Crippen LogP contribution in [0, 0.1) is 0 Å². The van der Waals surface area contributed by atoms with Crippen LogP contribution in [-0.2, 0) is 9.47 Å². The Bertz CT molecular complexity index is 74.5. The van der Waals surface area contributed by atoms with Crippen LogP contribution in [-0.4, -0.2) is 32.0 Å². The van der Waals surface area contributed by atoms with E-state index in [1.807, 2.05) is 11.8 Å². The normalized spacial score (nSPS) is 10.9. The Hall–Kier alpha value is 0.270. The van der Waals surface area contributed by atoms with Crippen LogP contribution in [0.4, 0.5) is 0 Å². The average Bonchev–Trinajstić information content (AvgIpc) is 2.05. The van der Waals surface area contributed by atoms with E-state index >= 15 is 0 Å². The third-order valence-electron chi connectivity index (χ3n) is 1.42. The zero-order chi connectivity index (χ0) is 8.53. The predicted octanol–water partition coefficient (Wildman–Crippen LogP) is 2.14. The summed E-state index contributed by atoms with van der Waals surface area (Å²) < 4.78 is 10.1. The molecule has 0 radical (unpaired) electrons. The number of ether oxygens (including phenoxy) is 2. The van der Waals surface area contributed by atoms with Crippen molar-refractivity contribution in [2.75, 3.05) is 25.7 Å². The number of hydrogen-bond donors (Lipinski definition) is 0. The van der Waals surface area contributed by atoms with E-state index in [1.54, 1.807) is 14.2 Å². The van der Waals surface area contributed by atoms with Crippen LogP contribution in [0.3, 0.4) is 0 Å². The van der Waals surface area contributed by atoms with Gasteiger partial charge in [0.15, 0.2) is 6.29 Å². The first-order valence-electron chi connectivity index (χ1n) is 3.98. The molecule has 11 heavy (non-hydrogen) atoms. The molecule has 0 aromatic carbocycles. The summed E-state index contributed by atoms with van der Waals surface area (Å²) in [4.78, 5) is 0. The van der Waals surface area contributed by atoms with Crippen molar-refractivity contribution in [3.8, 4) is 0 Å². The van der Waals surface area contributed by atoms with Gasteiger partial charge in [0.1, 0.15) is 0 Å². The molecular formula is C8H18O2S. The minimum absolute atomic E-state index is 0.0307. The lowest BCUT2D eigenvalue weighted by Crippen LogP contribution is -2.15. The average molecular weight is 178 g/mol. The summed E-state index contributed by atoms with van der Waals surface area (Å²) in [7, 11) is 3.35. The summed E-state index contributed by atoms with van der Waals surface area (Å²) in [6, 6.07) is 0. The monoisotopic (exact) mass is 178 g/mol. The molecule has 3 heteroatoms. The van der Waals surface area contributed by atoms with E-state index in [9.17, 15) is 0 Å². The van der Waals surface area contributed by atoms with Gasteiger partial charge < -0.3 is 9.47 Å². The van der Waals surface area contributed by atoms with Gasteiger partial charge in [-0.25, -0.2) is 0 Å². The first kappa shape index (κ1) is 11.3. The molecule has 0 aromatic heterocycles. The van der Waals surface area contributed by atoms with E-state index in [0.29, 0.717) is 0 Å². The highest BCUT2D eigenvalue weighted by atomic mass is 32.2. The second kappa shape index (κ2) is 8.37. The molecule has 0 bridgehead atoms. The second-order valence-electron chi connectivity index (χ2n) is 2.33. The van der Waals surface area contributed by atoms with Crippen LogP contribution >= 0.6 is 11.8 Å². The molecule has 0 fully saturated rings. The molecule has 0 atom stereocenters. The quantitative estimate of drug-likeness (QED) is 0.439. The third-order valence-corrected chi connectivity index (χ3v) is 2.51. The predicted molar refractivity (Wildman–Crippen MR) is 50.0 cm³/mol. The Kier molecular flexibility index (Phi) is 8.57. The maximum absolute atomic E-state index is 5.04. The van der Waals surface area contributed by atoms with E-state index < -0.39 is 0 Å². The van der Waals surface area contributed by atoms with E-state index in [1.165, 1.54) is 18.6 Å². The fourth-order valence-electron chi connectivity index (χ4n) is 0.658. The van der Waals surface area contributed by atoms with Gasteiger partial charge in [-0.2, -0.15) is 11.8 Å². The largest absolute Gasteiger partial charge is 0.355 e. The summed E-state index contributed by atoms with van der Waals surface area (Å²) in [6.07, 6.45) is 2.51. The highest BCUT2D eigenvalue weighted by Gasteiger charge is 2.03. The van der Waals surface area contributed by atoms with Gasteiger partial charge in [-0.3, -0.25) is 0 Å². The molecule has 0 saturated heterocycles. The van der Waals surface area contributed by atoms with Crippen molar-refractivity contribution in [3.05, 3.63) is 0 Å². The van der Waals surface area contributed by atoms with E-state index in [2.05, 4.69) is 6.92 Å². The zero-order valence-corrected chi connectivity index (χ0v) is 8.45. The number of methoxy groups -OCH3 is 2.